The fourth-order valence-electron chi connectivity index (χ4n) is 6.12. The highest BCUT2D eigenvalue weighted by atomic mass is 16.6. The summed E-state index contributed by atoms with van der Waals surface area (Å²) in [6, 6.07) is 6.63. The lowest BCUT2D eigenvalue weighted by molar-refractivity contribution is -0.140. The first kappa shape index (κ1) is 26.6. The van der Waals surface area contributed by atoms with Crippen LogP contribution in [0.2, 0.25) is 0 Å². The second-order valence-corrected chi connectivity index (χ2v) is 12.5. The van der Waals surface area contributed by atoms with E-state index >= 15 is 0 Å². The number of amides is 2. The zero-order valence-corrected chi connectivity index (χ0v) is 23.3. The second kappa shape index (κ2) is 10.5. The summed E-state index contributed by atoms with van der Waals surface area (Å²) in [6.07, 6.45) is 5.36. The van der Waals surface area contributed by atoms with E-state index in [9.17, 15) is 9.59 Å². The maximum Gasteiger partial charge on any atom is 0.410 e. The monoisotopic (exact) mass is 495 g/mol. The molecule has 1 fully saturated rings. The number of benzene rings is 1. The third-order valence-corrected chi connectivity index (χ3v) is 7.91. The number of nitrogens with one attached hydrogen (secondary N) is 1. The predicted molar refractivity (Wildman–Crippen MR) is 145 cm³/mol. The van der Waals surface area contributed by atoms with Gasteiger partial charge < -0.3 is 19.5 Å². The van der Waals surface area contributed by atoms with Crippen molar-refractivity contribution in [2.24, 2.45) is 17.8 Å². The van der Waals surface area contributed by atoms with Crippen molar-refractivity contribution >= 4 is 22.9 Å². The molecule has 0 saturated heterocycles. The number of aromatic nitrogens is 1. The quantitative estimate of drug-likeness (QED) is 0.507. The van der Waals surface area contributed by atoms with E-state index in [1.54, 1.807) is 4.90 Å². The summed E-state index contributed by atoms with van der Waals surface area (Å²) in [5.74, 6) is 1.32. The van der Waals surface area contributed by atoms with Gasteiger partial charge in [0.2, 0.25) is 5.91 Å². The number of hydrogen-bond donors (Lipinski definition) is 1. The Kier molecular flexibility index (Phi) is 7.72. The van der Waals surface area contributed by atoms with E-state index in [0.29, 0.717) is 24.3 Å². The molecule has 0 radical (unpaired) electrons. The summed E-state index contributed by atoms with van der Waals surface area (Å²) < 4.78 is 5.50. The molecule has 2 aliphatic rings. The molecule has 1 unspecified atom stereocenters. The first-order chi connectivity index (χ1) is 16.9. The van der Waals surface area contributed by atoms with Crippen molar-refractivity contribution in [2.45, 2.75) is 91.7 Å². The number of hydrogen-bond acceptors (Lipinski definition) is 3. The SMILES string of the molecule is Cc1cccc2c3c([nH]c12)C(CC(C)C)N(C(=O)[C@H]1CC[C@H](CN(C)C(=O)OC(C)(C)C)CC1)CC3. The fraction of sp³-hybridized carbons (Fsp3) is 0.667. The summed E-state index contributed by atoms with van der Waals surface area (Å²) in [7, 11) is 1.81. The maximum absolute atomic E-state index is 13.9. The van der Waals surface area contributed by atoms with Crippen LogP contribution >= 0.6 is 0 Å². The molecule has 1 aromatic heterocycles. The first-order valence-corrected chi connectivity index (χ1v) is 13.8. The number of carbonyl (C=O) groups excluding carboxylic acids is 2. The van der Waals surface area contributed by atoms with Gasteiger partial charge in [-0.2, -0.15) is 0 Å². The molecular formula is C30H45N3O3. The number of fused-ring (bicyclic) bond motifs is 3. The normalized spacial score (nSPS) is 22.6. The minimum atomic E-state index is -0.486. The molecule has 2 heterocycles. The minimum absolute atomic E-state index is 0.0791. The maximum atomic E-state index is 13.9. The molecule has 1 atom stereocenters. The fourth-order valence-corrected chi connectivity index (χ4v) is 6.12. The molecule has 1 aromatic carbocycles. The zero-order valence-electron chi connectivity index (χ0n) is 23.3. The van der Waals surface area contributed by atoms with Gasteiger partial charge in [-0.25, -0.2) is 4.79 Å². The molecule has 36 heavy (non-hydrogen) atoms. The van der Waals surface area contributed by atoms with Crippen LogP contribution in [0.3, 0.4) is 0 Å². The van der Waals surface area contributed by atoms with Crippen molar-refractivity contribution in [3.63, 3.8) is 0 Å². The van der Waals surface area contributed by atoms with E-state index in [0.717, 1.165) is 45.1 Å². The number of rotatable bonds is 5. The molecule has 2 aromatic rings. The molecule has 6 nitrogen and oxygen atoms in total. The number of nitrogens with zero attached hydrogens (tertiary/aromatic N) is 2. The van der Waals surface area contributed by atoms with Crippen molar-refractivity contribution in [3.8, 4) is 0 Å². The van der Waals surface area contributed by atoms with Crippen LogP contribution in [0.15, 0.2) is 18.2 Å². The van der Waals surface area contributed by atoms with Gasteiger partial charge in [0.1, 0.15) is 5.60 Å². The molecular weight excluding hydrogens is 450 g/mol. The Morgan fingerprint density at radius 2 is 1.86 bits per heavy atom. The number of aromatic amines is 1. The van der Waals surface area contributed by atoms with E-state index in [2.05, 4.69) is 48.9 Å². The zero-order chi connectivity index (χ0) is 26.2. The number of aryl methyl sites for hydroxylation is 1. The van der Waals surface area contributed by atoms with Gasteiger partial charge >= 0.3 is 6.09 Å². The summed E-state index contributed by atoms with van der Waals surface area (Å²) in [6.45, 7) is 13.8. The summed E-state index contributed by atoms with van der Waals surface area (Å²) in [4.78, 5) is 33.8. The average Bonchev–Trinajstić information content (AvgIpc) is 3.18. The Labute approximate surface area is 216 Å². The summed E-state index contributed by atoms with van der Waals surface area (Å²) in [5, 5.41) is 1.32. The average molecular weight is 496 g/mol. The largest absolute Gasteiger partial charge is 0.444 e. The molecule has 1 aliphatic carbocycles. The second-order valence-electron chi connectivity index (χ2n) is 12.5. The Hall–Kier alpha value is -2.50. The Morgan fingerprint density at radius 1 is 1.17 bits per heavy atom. The van der Waals surface area contributed by atoms with Gasteiger partial charge in [-0.15, -0.1) is 0 Å². The van der Waals surface area contributed by atoms with E-state index in [4.69, 9.17) is 4.74 Å². The summed E-state index contributed by atoms with van der Waals surface area (Å²) in [5.41, 5.74) is 4.65. The highest BCUT2D eigenvalue weighted by Crippen LogP contribution is 2.41. The van der Waals surface area contributed by atoms with Crippen LogP contribution in [0.1, 0.15) is 89.6 Å². The van der Waals surface area contributed by atoms with E-state index in [-0.39, 0.29) is 18.1 Å². The molecule has 198 valence electrons. The first-order valence-electron chi connectivity index (χ1n) is 13.8. The van der Waals surface area contributed by atoms with Gasteiger partial charge in [-0.3, -0.25) is 4.79 Å². The Morgan fingerprint density at radius 3 is 2.50 bits per heavy atom. The van der Waals surface area contributed by atoms with E-state index < -0.39 is 5.60 Å². The number of para-hydroxylation sites is 1. The molecule has 4 rings (SSSR count). The number of ether oxygens (including phenoxy) is 1. The van der Waals surface area contributed by atoms with Gasteiger partial charge in [0.05, 0.1) is 6.04 Å². The third-order valence-electron chi connectivity index (χ3n) is 7.91. The van der Waals surface area contributed by atoms with Gasteiger partial charge in [-0.1, -0.05) is 32.0 Å². The van der Waals surface area contributed by atoms with Crippen LogP contribution in [0.25, 0.3) is 10.9 Å². The lowest BCUT2D eigenvalue weighted by Gasteiger charge is -2.40. The van der Waals surface area contributed by atoms with Crippen LogP contribution in [0, 0.1) is 24.7 Å². The van der Waals surface area contributed by atoms with Crippen molar-refractivity contribution in [2.75, 3.05) is 20.1 Å². The third kappa shape index (κ3) is 5.73. The lowest BCUT2D eigenvalue weighted by Crippen LogP contribution is -2.45. The van der Waals surface area contributed by atoms with E-state index in [1.165, 1.54) is 27.7 Å². The smallest absolute Gasteiger partial charge is 0.410 e. The van der Waals surface area contributed by atoms with Crippen LogP contribution in [-0.4, -0.2) is 52.5 Å². The van der Waals surface area contributed by atoms with Gasteiger partial charge in [0.15, 0.2) is 0 Å². The standard InChI is InChI=1S/C30H45N3O3/c1-19(2)17-25-27-24(23-10-8-9-20(3)26(23)31-27)15-16-33(25)28(34)22-13-11-21(12-14-22)18-32(7)29(35)36-30(4,5)6/h8-10,19,21-22,25,31H,11-18H2,1-7H3/t21-,22-,25?. The highest BCUT2D eigenvalue weighted by Gasteiger charge is 2.38. The Balaban J connectivity index is 1.43. The Bertz CT molecular complexity index is 1090. The molecule has 0 spiro atoms. The molecule has 1 N–H and O–H groups in total. The lowest BCUT2D eigenvalue weighted by atomic mass is 9.80. The van der Waals surface area contributed by atoms with Gasteiger partial charge in [-0.05, 0) is 89.2 Å². The molecule has 2 amide bonds. The number of carbonyl (C=O) groups is 2. The molecule has 1 saturated carbocycles. The highest BCUT2D eigenvalue weighted by molar-refractivity contribution is 5.88. The predicted octanol–water partition coefficient (Wildman–Crippen LogP) is 6.62. The van der Waals surface area contributed by atoms with Crippen LogP contribution in [0.4, 0.5) is 4.79 Å². The van der Waals surface area contributed by atoms with Crippen molar-refractivity contribution in [3.05, 3.63) is 35.0 Å². The van der Waals surface area contributed by atoms with Crippen molar-refractivity contribution in [1.82, 2.24) is 14.8 Å². The van der Waals surface area contributed by atoms with Crippen LogP contribution in [-0.2, 0) is 16.0 Å². The summed E-state index contributed by atoms with van der Waals surface area (Å²) >= 11 is 0. The topological polar surface area (TPSA) is 65.6 Å². The van der Waals surface area contributed by atoms with Crippen LogP contribution < -0.4 is 0 Å². The van der Waals surface area contributed by atoms with Crippen molar-refractivity contribution in [1.29, 1.82) is 0 Å². The molecule has 1 aliphatic heterocycles. The van der Waals surface area contributed by atoms with E-state index in [1.807, 2.05) is 27.8 Å². The van der Waals surface area contributed by atoms with Crippen LogP contribution in [0.5, 0.6) is 0 Å². The van der Waals surface area contributed by atoms with Crippen molar-refractivity contribution < 1.29 is 14.3 Å². The number of H-pyrrole nitrogens is 1. The molecule has 0 bridgehead atoms. The van der Waals surface area contributed by atoms with Gasteiger partial charge in [0.25, 0.3) is 0 Å². The van der Waals surface area contributed by atoms with Gasteiger partial charge in [0, 0.05) is 42.7 Å². The minimum Gasteiger partial charge on any atom is -0.444 e. The molecule has 6 heteroatoms.